The van der Waals surface area contributed by atoms with Crippen LogP contribution < -0.4 is 10.2 Å². The van der Waals surface area contributed by atoms with Gasteiger partial charge in [0.25, 0.3) is 5.91 Å². The number of piperidine rings is 1. The van der Waals surface area contributed by atoms with Crippen LogP contribution in [0.1, 0.15) is 35.2 Å². The summed E-state index contributed by atoms with van der Waals surface area (Å²) in [6, 6.07) is 11.5. The van der Waals surface area contributed by atoms with Gasteiger partial charge < -0.3 is 10.2 Å². The van der Waals surface area contributed by atoms with E-state index < -0.39 is 5.82 Å². The van der Waals surface area contributed by atoms with Crippen molar-refractivity contribution in [1.82, 2.24) is 4.98 Å². The van der Waals surface area contributed by atoms with Crippen molar-refractivity contribution in [3.63, 3.8) is 0 Å². The highest BCUT2D eigenvalue weighted by molar-refractivity contribution is 6.34. The van der Waals surface area contributed by atoms with Crippen LogP contribution in [0.2, 0.25) is 5.02 Å². The normalized spacial score (nSPS) is 13.8. The Bertz CT molecular complexity index is 1050. The fourth-order valence-electron chi connectivity index (χ4n) is 3.61. The Hall–Kier alpha value is -2.37. The molecule has 152 valence electrons. The molecule has 29 heavy (non-hydrogen) atoms. The Morgan fingerprint density at radius 1 is 1.10 bits per heavy atom. The number of carbonyl (C=O) groups excluding carboxylic acids is 1. The molecule has 0 bridgehead atoms. The molecular weight excluding hydrogens is 412 g/mol. The molecule has 0 saturated carbocycles. The Labute approximate surface area is 180 Å². The van der Waals surface area contributed by atoms with Crippen LogP contribution in [0, 0.1) is 12.7 Å². The van der Waals surface area contributed by atoms with Gasteiger partial charge in [-0.15, -0.1) is 12.4 Å². The molecular formula is C22H22Cl2FN3O. The van der Waals surface area contributed by atoms with Gasteiger partial charge >= 0.3 is 0 Å². The summed E-state index contributed by atoms with van der Waals surface area (Å²) >= 11 is 5.99. The van der Waals surface area contributed by atoms with Gasteiger partial charge in [-0.2, -0.15) is 0 Å². The Morgan fingerprint density at radius 2 is 1.86 bits per heavy atom. The monoisotopic (exact) mass is 433 g/mol. The number of anilines is 2. The first kappa shape index (κ1) is 21.3. The van der Waals surface area contributed by atoms with Crippen molar-refractivity contribution in [3.8, 4) is 0 Å². The fourth-order valence-corrected chi connectivity index (χ4v) is 3.86. The predicted molar refractivity (Wildman–Crippen MR) is 119 cm³/mol. The zero-order chi connectivity index (χ0) is 19.7. The van der Waals surface area contributed by atoms with Gasteiger partial charge in [0.15, 0.2) is 0 Å². The van der Waals surface area contributed by atoms with Crippen molar-refractivity contribution in [2.24, 2.45) is 0 Å². The van der Waals surface area contributed by atoms with Crippen LogP contribution in [0.4, 0.5) is 15.9 Å². The minimum Gasteiger partial charge on any atom is -0.357 e. The van der Waals surface area contributed by atoms with E-state index in [1.807, 2.05) is 18.2 Å². The van der Waals surface area contributed by atoms with E-state index in [0.717, 1.165) is 41.4 Å². The Balaban J connectivity index is 0.00000240. The maximum absolute atomic E-state index is 13.2. The third kappa shape index (κ3) is 4.62. The van der Waals surface area contributed by atoms with Gasteiger partial charge in [-0.3, -0.25) is 4.79 Å². The van der Waals surface area contributed by atoms with Crippen molar-refractivity contribution < 1.29 is 9.18 Å². The maximum atomic E-state index is 13.2. The standard InChI is InChI=1S/C22H21ClFN3O.ClH/c1-14-11-21(27-9-3-2-4-10-27)26-20-8-6-16(13-18(14)20)25-22(28)17-7-5-15(24)12-19(17)23;/h5-8,11-13H,2-4,9-10H2,1H3,(H,25,28);1H. The fraction of sp³-hybridized carbons (Fsp3) is 0.273. The second-order valence-electron chi connectivity index (χ2n) is 7.16. The summed E-state index contributed by atoms with van der Waals surface area (Å²) in [4.78, 5) is 19.6. The number of nitrogens with zero attached hydrogens (tertiary/aromatic N) is 2. The lowest BCUT2D eigenvalue weighted by molar-refractivity contribution is 0.102. The number of pyridine rings is 1. The molecule has 1 aromatic heterocycles. The van der Waals surface area contributed by atoms with Crippen molar-refractivity contribution in [1.29, 1.82) is 0 Å². The number of benzene rings is 2. The number of amides is 1. The lowest BCUT2D eigenvalue weighted by Gasteiger charge is -2.28. The zero-order valence-corrected chi connectivity index (χ0v) is 17.6. The molecule has 0 atom stereocenters. The number of hydrogen-bond donors (Lipinski definition) is 1. The molecule has 3 aromatic rings. The molecule has 1 N–H and O–H groups in total. The molecule has 4 nitrogen and oxygen atoms in total. The number of aromatic nitrogens is 1. The Morgan fingerprint density at radius 3 is 2.59 bits per heavy atom. The van der Waals surface area contributed by atoms with E-state index in [1.165, 1.54) is 31.4 Å². The second-order valence-corrected chi connectivity index (χ2v) is 7.56. The van der Waals surface area contributed by atoms with Crippen LogP contribution in [0.15, 0.2) is 42.5 Å². The number of fused-ring (bicyclic) bond motifs is 1. The number of rotatable bonds is 3. The van der Waals surface area contributed by atoms with E-state index in [0.29, 0.717) is 5.69 Å². The zero-order valence-electron chi connectivity index (χ0n) is 16.0. The predicted octanol–water partition coefficient (Wildman–Crippen LogP) is 6.00. The lowest BCUT2D eigenvalue weighted by Crippen LogP contribution is -2.30. The molecule has 1 saturated heterocycles. The molecule has 0 aliphatic carbocycles. The molecule has 0 radical (unpaired) electrons. The first-order valence-electron chi connectivity index (χ1n) is 9.44. The molecule has 4 rings (SSSR count). The first-order chi connectivity index (χ1) is 13.5. The molecule has 1 aliphatic heterocycles. The number of aryl methyl sites for hydroxylation is 1. The molecule has 2 aromatic carbocycles. The van der Waals surface area contributed by atoms with Gasteiger partial charge in [0.2, 0.25) is 0 Å². The van der Waals surface area contributed by atoms with Crippen LogP contribution in [-0.4, -0.2) is 24.0 Å². The van der Waals surface area contributed by atoms with E-state index >= 15 is 0 Å². The van der Waals surface area contributed by atoms with Crippen molar-refractivity contribution in [2.45, 2.75) is 26.2 Å². The van der Waals surface area contributed by atoms with Crippen LogP contribution in [-0.2, 0) is 0 Å². The highest BCUT2D eigenvalue weighted by Crippen LogP contribution is 2.27. The van der Waals surface area contributed by atoms with Gasteiger partial charge in [-0.1, -0.05) is 11.6 Å². The van der Waals surface area contributed by atoms with Crippen molar-refractivity contribution in [3.05, 3.63) is 64.4 Å². The van der Waals surface area contributed by atoms with Crippen LogP contribution >= 0.6 is 24.0 Å². The second kappa shape index (κ2) is 8.97. The SMILES string of the molecule is Cc1cc(N2CCCCC2)nc2ccc(NC(=O)c3ccc(F)cc3Cl)cc12.Cl. The summed E-state index contributed by atoms with van der Waals surface area (Å²) in [7, 11) is 0. The molecule has 7 heteroatoms. The largest absolute Gasteiger partial charge is 0.357 e. The minimum atomic E-state index is -0.474. The van der Waals surface area contributed by atoms with Gasteiger partial charge in [0, 0.05) is 24.2 Å². The number of halogens is 3. The third-order valence-corrected chi connectivity index (χ3v) is 5.43. The maximum Gasteiger partial charge on any atom is 0.257 e. The van der Waals surface area contributed by atoms with E-state index in [4.69, 9.17) is 16.6 Å². The summed E-state index contributed by atoms with van der Waals surface area (Å²) < 4.78 is 13.2. The van der Waals surface area contributed by atoms with Crippen molar-refractivity contribution >= 4 is 52.3 Å². The van der Waals surface area contributed by atoms with Gasteiger partial charge in [0.1, 0.15) is 11.6 Å². The summed E-state index contributed by atoms with van der Waals surface area (Å²) in [5.41, 5.74) is 2.90. The average Bonchev–Trinajstić information content (AvgIpc) is 2.69. The van der Waals surface area contributed by atoms with Crippen LogP contribution in [0.5, 0.6) is 0 Å². The smallest absolute Gasteiger partial charge is 0.257 e. The summed E-state index contributed by atoms with van der Waals surface area (Å²) in [6.07, 6.45) is 3.69. The number of carbonyl (C=O) groups is 1. The van der Waals surface area contributed by atoms with Gasteiger partial charge in [-0.05, 0) is 74.2 Å². The highest BCUT2D eigenvalue weighted by atomic mass is 35.5. The van der Waals surface area contributed by atoms with Crippen LogP contribution in [0.25, 0.3) is 10.9 Å². The molecule has 0 spiro atoms. The average molecular weight is 434 g/mol. The lowest BCUT2D eigenvalue weighted by atomic mass is 10.1. The highest BCUT2D eigenvalue weighted by Gasteiger charge is 2.15. The topological polar surface area (TPSA) is 45.2 Å². The summed E-state index contributed by atoms with van der Waals surface area (Å²) in [5, 5.41) is 3.91. The molecule has 0 unspecified atom stereocenters. The van der Waals surface area contributed by atoms with E-state index in [1.54, 1.807) is 0 Å². The summed E-state index contributed by atoms with van der Waals surface area (Å²) in [6.45, 7) is 4.15. The van der Waals surface area contributed by atoms with E-state index in [-0.39, 0.29) is 28.9 Å². The van der Waals surface area contributed by atoms with Gasteiger partial charge in [-0.25, -0.2) is 9.37 Å². The Kier molecular flexibility index (Phi) is 6.60. The van der Waals surface area contributed by atoms with Crippen LogP contribution in [0.3, 0.4) is 0 Å². The third-order valence-electron chi connectivity index (χ3n) is 5.12. The number of hydrogen-bond acceptors (Lipinski definition) is 3. The molecule has 1 fully saturated rings. The molecule has 2 heterocycles. The molecule has 1 amide bonds. The minimum absolute atomic E-state index is 0. The van der Waals surface area contributed by atoms with E-state index in [9.17, 15) is 9.18 Å². The van der Waals surface area contributed by atoms with Gasteiger partial charge in [0.05, 0.1) is 16.1 Å². The first-order valence-corrected chi connectivity index (χ1v) is 9.82. The van der Waals surface area contributed by atoms with Crippen molar-refractivity contribution in [2.75, 3.05) is 23.3 Å². The summed E-state index contributed by atoms with van der Waals surface area (Å²) in [5.74, 6) is 0.165. The quantitative estimate of drug-likeness (QED) is 0.550. The van der Waals surface area contributed by atoms with E-state index in [2.05, 4.69) is 23.2 Å². The molecule has 1 aliphatic rings. The number of nitrogens with one attached hydrogen (secondary N) is 1.